The van der Waals surface area contributed by atoms with Crippen molar-refractivity contribution in [2.24, 2.45) is 5.41 Å². The van der Waals surface area contributed by atoms with E-state index in [2.05, 4.69) is 17.6 Å². The number of nitrogens with one attached hydrogen (secondary N) is 2. The molecule has 0 heterocycles. The summed E-state index contributed by atoms with van der Waals surface area (Å²) >= 11 is 0. The first kappa shape index (κ1) is 22.9. The molecule has 6 nitrogen and oxygen atoms in total. The van der Waals surface area contributed by atoms with Crippen LogP contribution in [0.15, 0.2) is 0 Å². The van der Waals surface area contributed by atoms with Gasteiger partial charge in [-0.25, -0.2) is 0 Å². The molecule has 0 bridgehead atoms. The molecule has 0 spiro atoms. The predicted molar refractivity (Wildman–Crippen MR) is 95.5 cm³/mol. The van der Waals surface area contributed by atoms with Crippen LogP contribution in [0.4, 0.5) is 0 Å². The molecule has 0 fully saturated rings. The van der Waals surface area contributed by atoms with Crippen LogP contribution < -0.4 is 10.6 Å². The molecule has 4 N–H and O–H groups in total. The molecular formula is C18H36N2O4. The lowest BCUT2D eigenvalue weighted by molar-refractivity contribution is -0.137. The van der Waals surface area contributed by atoms with Crippen LogP contribution in [0.1, 0.15) is 72.1 Å². The van der Waals surface area contributed by atoms with Crippen molar-refractivity contribution in [1.82, 2.24) is 10.6 Å². The van der Waals surface area contributed by atoms with E-state index in [1.165, 1.54) is 32.1 Å². The van der Waals surface area contributed by atoms with Gasteiger partial charge in [-0.1, -0.05) is 59.3 Å². The predicted octanol–water partition coefficient (Wildman–Crippen LogP) is 1.74. The third kappa shape index (κ3) is 10.6. The maximum absolute atomic E-state index is 11.7. The summed E-state index contributed by atoms with van der Waals surface area (Å²) in [5, 5.41) is 24.3. The second-order valence-electron chi connectivity index (χ2n) is 7.06. The number of aliphatic hydroxyl groups is 2. The first-order valence-electron chi connectivity index (χ1n) is 9.18. The van der Waals surface area contributed by atoms with Crippen molar-refractivity contribution in [3.63, 3.8) is 0 Å². The third-order valence-electron chi connectivity index (χ3n) is 4.15. The molecule has 0 aromatic heterocycles. The highest BCUT2D eigenvalue weighted by atomic mass is 16.3. The Labute approximate surface area is 146 Å². The molecule has 0 aromatic carbocycles. The lowest BCUT2D eigenvalue weighted by atomic mass is 9.87. The third-order valence-corrected chi connectivity index (χ3v) is 4.15. The number of carbonyl (C=O) groups excluding carboxylic acids is 2. The molecule has 2 amide bonds. The zero-order valence-electron chi connectivity index (χ0n) is 15.6. The molecule has 1 atom stereocenters. The lowest BCUT2D eigenvalue weighted by Crippen LogP contribution is -2.46. The van der Waals surface area contributed by atoms with Gasteiger partial charge in [0, 0.05) is 24.9 Å². The first-order valence-corrected chi connectivity index (χ1v) is 9.18. The Kier molecular flexibility index (Phi) is 12.6. The van der Waals surface area contributed by atoms with Crippen LogP contribution in [0.25, 0.3) is 0 Å². The molecule has 0 saturated carbocycles. The van der Waals surface area contributed by atoms with Gasteiger partial charge < -0.3 is 20.8 Å². The highest BCUT2D eigenvalue weighted by Crippen LogP contribution is 2.19. The molecule has 0 radical (unpaired) electrons. The first-order chi connectivity index (χ1) is 11.3. The van der Waals surface area contributed by atoms with Crippen molar-refractivity contribution < 1.29 is 19.8 Å². The van der Waals surface area contributed by atoms with Crippen LogP contribution in [0.3, 0.4) is 0 Å². The molecule has 0 rings (SSSR count). The van der Waals surface area contributed by atoms with Gasteiger partial charge in [0.2, 0.25) is 11.8 Å². The van der Waals surface area contributed by atoms with Crippen LogP contribution in [0.5, 0.6) is 0 Å². The number of aliphatic hydroxyl groups excluding tert-OH is 2. The molecular weight excluding hydrogens is 308 g/mol. The SMILES string of the molecule is CCCCCCCCCNC(=O)CCNC(=O)[C@H](O)C(C)(C)CO. The van der Waals surface area contributed by atoms with Crippen LogP contribution in [-0.4, -0.2) is 47.8 Å². The van der Waals surface area contributed by atoms with Gasteiger partial charge >= 0.3 is 0 Å². The summed E-state index contributed by atoms with van der Waals surface area (Å²) in [6, 6.07) is 0. The molecule has 24 heavy (non-hydrogen) atoms. The quantitative estimate of drug-likeness (QED) is 0.361. The molecule has 0 unspecified atom stereocenters. The molecule has 0 aliphatic rings. The number of hydrogen-bond acceptors (Lipinski definition) is 4. The van der Waals surface area contributed by atoms with Gasteiger partial charge in [-0.3, -0.25) is 9.59 Å². The summed E-state index contributed by atoms with van der Waals surface area (Å²) in [6.45, 7) is 5.96. The van der Waals surface area contributed by atoms with E-state index in [4.69, 9.17) is 5.11 Å². The molecule has 6 heteroatoms. The van der Waals surface area contributed by atoms with Gasteiger partial charge in [0.15, 0.2) is 0 Å². The number of hydrogen-bond donors (Lipinski definition) is 4. The second-order valence-corrected chi connectivity index (χ2v) is 7.06. The van der Waals surface area contributed by atoms with Gasteiger partial charge in [-0.2, -0.15) is 0 Å². The van der Waals surface area contributed by atoms with Gasteiger partial charge in [-0.15, -0.1) is 0 Å². The van der Waals surface area contributed by atoms with E-state index in [0.29, 0.717) is 6.54 Å². The van der Waals surface area contributed by atoms with E-state index >= 15 is 0 Å². The monoisotopic (exact) mass is 344 g/mol. The summed E-state index contributed by atoms with van der Waals surface area (Å²) in [5.74, 6) is -0.661. The van der Waals surface area contributed by atoms with Crippen LogP contribution in [0, 0.1) is 5.41 Å². The summed E-state index contributed by atoms with van der Waals surface area (Å²) in [4.78, 5) is 23.4. The van der Waals surface area contributed by atoms with Crippen molar-refractivity contribution >= 4 is 11.8 Å². The van der Waals surface area contributed by atoms with Crippen LogP contribution in [0.2, 0.25) is 0 Å². The number of amides is 2. The van der Waals surface area contributed by atoms with Crippen molar-refractivity contribution in [2.45, 2.75) is 78.2 Å². The Balaban J connectivity index is 3.64. The van der Waals surface area contributed by atoms with E-state index in [1.807, 2.05) is 0 Å². The second kappa shape index (κ2) is 13.2. The van der Waals surface area contributed by atoms with E-state index in [1.54, 1.807) is 13.8 Å². The minimum Gasteiger partial charge on any atom is -0.396 e. The Bertz CT molecular complexity index is 359. The summed E-state index contributed by atoms with van der Waals surface area (Å²) in [7, 11) is 0. The minimum absolute atomic E-state index is 0.0998. The Morgan fingerprint density at radius 1 is 0.958 bits per heavy atom. The summed E-state index contributed by atoms with van der Waals surface area (Å²) in [5.41, 5.74) is -0.899. The highest BCUT2D eigenvalue weighted by molar-refractivity contribution is 5.82. The van der Waals surface area contributed by atoms with E-state index in [9.17, 15) is 14.7 Å². The Morgan fingerprint density at radius 2 is 1.54 bits per heavy atom. The fourth-order valence-corrected chi connectivity index (χ4v) is 2.24. The van der Waals surface area contributed by atoms with Crippen molar-refractivity contribution in [2.75, 3.05) is 19.7 Å². The maximum atomic E-state index is 11.7. The average molecular weight is 344 g/mol. The molecule has 0 aromatic rings. The minimum atomic E-state index is -1.29. The van der Waals surface area contributed by atoms with E-state index < -0.39 is 17.4 Å². The van der Waals surface area contributed by atoms with Crippen molar-refractivity contribution in [1.29, 1.82) is 0 Å². The van der Waals surface area contributed by atoms with Crippen molar-refractivity contribution in [3.05, 3.63) is 0 Å². The number of rotatable bonds is 14. The highest BCUT2D eigenvalue weighted by Gasteiger charge is 2.32. The Hall–Kier alpha value is -1.14. The fraction of sp³-hybridized carbons (Fsp3) is 0.889. The fourth-order valence-electron chi connectivity index (χ4n) is 2.24. The topological polar surface area (TPSA) is 98.7 Å². The Morgan fingerprint density at radius 3 is 2.12 bits per heavy atom. The van der Waals surface area contributed by atoms with Crippen LogP contribution in [-0.2, 0) is 9.59 Å². The van der Waals surface area contributed by atoms with Crippen LogP contribution >= 0.6 is 0 Å². The zero-order valence-corrected chi connectivity index (χ0v) is 15.6. The van der Waals surface area contributed by atoms with E-state index in [0.717, 1.165) is 12.8 Å². The molecule has 0 saturated heterocycles. The largest absolute Gasteiger partial charge is 0.396 e. The number of unbranched alkanes of at least 4 members (excludes halogenated alkanes) is 6. The standard InChI is InChI=1S/C18H36N2O4/c1-4-5-6-7-8-9-10-12-19-15(22)11-13-20-17(24)16(23)18(2,3)14-21/h16,21,23H,4-14H2,1-3H3,(H,19,22)(H,20,24)/t16-/m0/s1. The smallest absolute Gasteiger partial charge is 0.249 e. The van der Waals surface area contributed by atoms with Gasteiger partial charge in [0.1, 0.15) is 6.10 Å². The molecule has 0 aliphatic heterocycles. The average Bonchev–Trinajstić information content (AvgIpc) is 2.56. The van der Waals surface area contributed by atoms with Gasteiger partial charge in [0.25, 0.3) is 0 Å². The normalized spacial score (nSPS) is 12.7. The zero-order chi connectivity index (χ0) is 18.4. The molecule has 142 valence electrons. The molecule has 0 aliphatic carbocycles. The number of carbonyl (C=O) groups is 2. The van der Waals surface area contributed by atoms with Gasteiger partial charge in [0.05, 0.1) is 6.61 Å². The van der Waals surface area contributed by atoms with Crippen molar-refractivity contribution in [3.8, 4) is 0 Å². The van der Waals surface area contributed by atoms with E-state index in [-0.39, 0.29) is 25.5 Å². The summed E-state index contributed by atoms with van der Waals surface area (Å²) in [6.07, 6.45) is 7.32. The van der Waals surface area contributed by atoms with Gasteiger partial charge in [-0.05, 0) is 6.42 Å². The summed E-state index contributed by atoms with van der Waals surface area (Å²) < 4.78 is 0. The maximum Gasteiger partial charge on any atom is 0.249 e. The lowest BCUT2D eigenvalue weighted by Gasteiger charge is -2.27.